The quantitative estimate of drug-likeness (QED) is 0.748. The molecule has 12 heavy (non-hydrogen) atoms. The molecule has 0 radical (unpaired) electrons. The predicted molar refractivity (Wildman–Crippen MR) is 52.7 cm³/mol. The minimum Gasteiger partial charge on any atom is -0.329 e. The van der Waals surface area contributed by atoms with E-state index in [0.29, 0.717) is 6.54 Å². The fraction of sp³-hybridized carbons (Fsp3) is 0.375. The summed E-state index contributed by atoms with van der Waals surface area (Å²) in [6.07, 6.45) is 1.74. The maximum Gasteiger partial charge on any atom is 0.111 e. The predicted octanol–water partition coefficient (Wildman–Crippen LogP) is 1.11. The molecule has 0 spiro atoms. The molecule has 4 N–H and O–H groups in total. The van der Waals surface area contributed by atoms with Gasteiger partial charge in [0.25, 0.3) is 0 Å². The molecule has 1 atom stereocenters. The molecule has 3 nitrogen and oxygen atoms in total. The lowest BCUT2D eigenvalue weighted by molar-refractivity contribution is 0.722. The van der Waals surface area contributed by atoms with Gasteiger partial charge in [0.2, 0.25) is 0 Å². The van der Waals surface area contributed by atoms with Gasteiger partial charge in [-0.05, 0) is 34.5 Å². The molecule has 0 aliphatic carbocycles. The molecule has 1 aromatic rings. The van der Waals surface area contributed by atoms with Crippen LogP contribution >= 0.6 is 15.9 Å². The lowest BCUT2D eigenvalue weighted by Gasteiger charge is -2.13. The van der Waals surface area contributed by atoms with E-state index in [1.807, 2.05) is 13.0 Å². The molecule has 0 aromatic carbocycles. The van der Waals surface area contributed by atoms with Crippen LogP contribution in [-0.4, -0.2) is 11.5 Å². The van der Waals surface area contributed by atoms with Gasteiger partial charge >= 0.3 is 0 Å². The van der Waals surface area contributed by atoms with E-state index in [2.05, 4.69) is 20.9 Å². The van der Waals surface area contributed by atoms with Crippen molar-refractivity contribution in [2.24, 2.45) is 11.5 Å². The Kier molecular flexibility index (Phi) is 3.20. The highest BCUT2D eigenvalue weighted by atomic mass is 79.9. The average molecular weight is 230 g/mol. The third-order valence-corrected chi connectivity index (χ3v) is 2.42. The van der Waals surface area contributed by atoms with Gasteiger partial charge in [0.1, 0.15) is 4.60 Å². The van der Waals surface area contributed by atoms with Crippen LogP contribution in [0, 0.1) is 6.92 Å². The summed E-state index contributed by atoms with van der Waals surface area (Å²) in [5.41, 5.74) is 13.4. The van der Waals surface area contributed by atoms with Crippen LogP contribution in [0.25, 0.3) is 0 Å². The number of nitrogens with two attached hydrogens (primary N) is 2. The van der Waals surface area contributed by atoms with Gasteiger partial charge in [0.15, 0.2) is 0 Å². The molecule has 0 bridgehead atoms. The summed E-state index contributed by atoms with van der Waals surface area (Å²) in [6.45, 7) is 2.43. The molecular weight excluding hydrogens is 218 g/mol. The number of rotatable bonds is 2. The van der Waals surface area contributed by atoms with Gasteiger partial charge in [0, 0.05) is 24.3 Å². The molecule has 0 amide bonds. The largest absolute Gasteiger partial charge is 0.329 e. The zero-order chi connectivity index (χ0) is 9.14. The van der Waals surface area contributed by atoms with Crippen LogP contribution in [0.4, 0.5) is 0 Å². The maximum atomic E-state index is 5.80. The standard InChI is InChI=1S/C8H12BrN3/c1-5-2-3-12-8(9)7(5)6(11)4-10/h2-3,6H,4,10-11H2,1H3. The molecular formula is C8H12BrN3. The number of pyridine rings is 1. The van der Waals surface area contributed by atoms with Crippen LogP contribution in [0.15, 0.2) is 16.9 Å². The van der Waals surface area contributed by atoms with E-state index in [1.165, 1.54) is 0 Å². The summed E-state index contributed by atoms with van der Waals surface area (Å²) in [7, 11) is 0. The Balaban J connectivity index is 3.12. The molecule has 1 aromatic heterocycles. The first kappa shape index (κ1) is 9.64. The summed E-state index contributed by atoms with van der Waals surface area (Å²) in [5.74, 6) is 0. The van der Waals surface area contributed by atoms with Crippen LogP contribution in [0.2, 0.25) is 0 Å². The number of hydrogen-bond donors (Lipinski definition) is 2. The monoisotopic (exact) mass is 229 g/mol. The van der Waals surface area contributed by atoms with Crippen molar-refractivity contribution in [3.05, 3.63) is 28.0 Å². The van der Waals surface area contributed by atoms with Crippen molar-refractivity contribution < 1.29 is 0 Å². The molecule has 0 fully saturated rings. The number of hydrogen-bond acceptors (Lipinski definition) is 3. The molecule has 1 rings (SSSR count). The van der Waals surface area contributed by atoms with Crippen LogP contribution < -0.4 is 11.5 Å². The van der Waals surface area contributed by atoms with E-state index in [1.54, 1.807) is 6.20 Å². The third-order valence-electron chi connectivity index (χ3n) is 1.78. The topological polar surface area (TPSA) is 64.9 Å². The summed E-state index contributed by atoms with van der Waals surface area (Å²) in [6, 6.07) is 1.79. The Labute approximate surface area is 80.3 Å². The smallest absolute Gasteiger partial charge is 0.111 e. The Hall–Kier alpha value is -0.450. The highest BCUT2D eigenvalue weighted by molar-refractivity contribution is 9.10. The van der Waals surface area contributed by atoms with Gasteiger partial charge < -0.3 is 11.5 Å². The first-order chi connectivity index (χ1) is 5.66. The number of nitrogens with zero attached hydrogens (tertiary/aromatic N) is 1. The zero-order valence-electron chi connectivity index (χ0n) is 6.92. The first-order valence-electron chi connectivity index (χ1n) is 3.73. The maximum absolute atomic E-state index is 5.80. The van der Waals surface area contributed by atoms with Crippen molar-refractivity contribution in [1.29, 1.82) is 0 Å². The third kappa shape index (κ3) is 1.83. The molecule has 66 valence electrons. The van der Waals surface area contributed by atoms with Gasteiger partial charge in [-0.2, -0.15) is 0 Å². The summed E-state index contributed by atoms with van der Waals surface area (Å²) >= 11 is 3.34. The molecule has 0 aliphatic rings. The minimum atomic E-state index is -0.131. The second-order valence-electron chi connectivity index (χ2n) is 2.67. The van der Waals surface area contributed by atoms with E-state index in [9.17, 15) is 0 Å². The highest BCUT2D eigenvalue weighted by Gasteiger charge is 2.11. The second kappa shape index (κ2) is 3.98. The lowest BCUT2D eigenvalue weighted by atomic mass is 10.1. The van der Waals surface area contributed by atoms with Crippen LogP contribution in [0.1, 0.15) is 17.2 Å². The minimum absolute atomic E-state index is 0.131. The van der Waals surface area contributed by atoms with Crippen molar-refractivity contribution in [1.82, 2.24) is 4.98 Å². The van der Waals surface area contributed by atoms with E-state index >= 15 is 0 Å². The molecule has 0 saturated carbocycles. The van der Waals surface area contributed by atoms with Gasteiger partial charge in [-0.15, -0.1) is 0 Å². The number of aromatic nitrogens is 1. The molecule has 0 aliphatic heterocycles. The summed E-state index contributed by atoms with van der Waals surface area (Å²) in [4.78, 5) is 4.09. The van der Waals surface area contributed by atoms with Crippen molar-refractivity contribution in [3.8, 4) is 0 Å². The van der Waals surface area contributed by atoms with Crippen molar-refractivity contribution >= 4 is 15.9 Å². The Morgan fingerprint density at radius 3 is 2.83 bits per heavy atom. The Morgan fingerprint density at radius 2 is 2.33 bits per heavy atom. The Bertz CT molecular complexity index is 255. The van der Waals surface area contributed by atoms with Crippen molar-refractivity contribution in [3.63, 3.8) is 0 Å². The van der Waals surface area contributed by atoms with Crippen molar-refractivity contribution in [2.45, 2.75) is 13.0 Å². The van der Waals surface area contributed by atoms with E-state index in [-0.39, 0.29) is 6.04 Å². The van der Waals surface area contributed by atoms with Crippen LogP contribution in [0.3, 0.4) is 0 Å². The van der Waals surface area contributed by atoms with E-state index in [4.69, 9.17) is 11.5 Å². The van der Waals surface area contributed by atoms with Crippen molar-refractivity contribution in [2.75, 3.05) is 6.54 Å². The van der Waals surface area contributed by atoms with E-state index in [0.717, 1.165) is 15.7 Å². The first-order valence-corrected chi connectivity index (χ1v) is 4.52. The number of halogens is 1. The Morgan fingerprint density at radius 1 is 1.67 bits per heavy atom. The normalized spacial score (nSPS) is 13.0. The van der Waals surface area contributed by atoms with Gasteiger partial charge in [-0.1, -0.05) is 0 Å². The zero-order valence-corrected chi connectivity index (χ0v) is 8.51. The average Bonchev–Trinajstić information content (AvgIpc) is 2.03. The molecule has 1 unspecified atom stereocenters. The molecule has 4 heteroatoms. The fourth-order valence-electron chi connectivity index (χ4n) is 1.10. The molecule has 0 saturated heterocycles. The second-order valence-corrected chi connectivity index (χ2v) is 3.43. The lowest BCUT2D eigenvalue weighted by Crippen LogP contribution is -2.22. The number of aryl methyl sites for hydroxylation is 1. The highest BCUT2D eigenvalue weighted by Crippen LogP contribution is 2.22. The fourth-order valence-corrected chi connectivity index (χ4v) is 1.82. The summed E-state index contributed by atoms with van der Waals surface area (Å²) < 4.78 is 0.792. The van der Waals surface area contributed by atoms with Crippen LogP contribution in [0.5, 0.6) is 0 Å². The van der Waals surface area contributed by atoms with Gasteiger partial charge in [0.05, 0.1) is 0 Å². The van der Waals surface area contributed by atoms with Crippen LogP contribution in [-0.2, 0) is 0 Å². The van der Waals surface area contributed by atoms with Gasteiger partial charge in [-0.25, -0.2) is 4.98 Å². The van der Waals surface area contributed by atoms with E-state index < -0.39 is 0 Å². The summed E-state index contributed by atoms with van der Waals surface area (Å²) in [5, 5.41) is 0. The van der Waals surface area contributed by atoms with Gasteiger partial charge in [-0.3, -0.25) is 0 Å². The molecule has 1 heterocycles. The SMILES string of the molecule is Cc1ccnc(Br)c1C(N)CN.